The Kier molecular flexibility index (Phi) is 6.38. The van der Waals surface area contributed by atoms with E-state index in [0.29, 0.717) is 29.9 Å². The zero-order valence-electron chi connectivity index (χ0n) is 17.7. The molecule has 9 heteroatoms. The van der Waals surface area contributed by atoms with E-state index in [1.807, 2.05) is 0 Å². The Balaban J connectivity index is 1.45. The van der Waals surface area contributed by atoms with Crippen LogP contribution in [0.3, 0.4) is 0 Å². The molecule has 1 aliphatic rings. The quantitative estimate of drug-likeness (QED) is 0.604. The fraction of sp³-hybridized carbons (Fsp3) is 0.304. The summed E-state index contributed by atoms with van der Waals surface area (Å²) >= 11 is 0. The van der Waals surface area contributed by atoms with Gasteiger partial charge in [-0.25, -0.2) is 12.8 Å². The van der Waals surface area contributed by atoms with Crippen LogP contribution in [0.1, 0.15) is 41.7 Å². The van der Waals surface area contributed by atoms with Gasteiger partial charge in [0.05, 0.1) is 4.90 Å². The summed E-state index contributed by atoms with van der Waals surface area (Å²) in [6.45, 7) is 2.71. The van der Waals surface area contributed by atoms with Crippen molar-refractivity contribution < 1.29 is 22.1 Å². The third-order valence-corrected chi connectivity index (χ3v) is 7.43. The molecular weight excluding hydrogens is 433 g/mol. The molecule has 4 rings (SSSR count). The molecule has 0 saturated carbocycles. The van der Waals surface area contributed by atoms with Gasteiger partial charge in [-0.05, 0) is 55.7 Å². The van der Waals surface area contributed by atoms with E-state index in [1.54, 1.807) is 31.2 Å². The van der Waals surface area contributed by atoms with Crippen LogP contribution in [0.2, 0.25) is 0 Å². The number of rotatable bonds is 5. The fourth-order valence-corrected chi connectivity index (χ4v) is 5.12. The Labute approximate surface area is 186 Å². The zero-order chi connectivity index (χ0) is 22.7. The molecule has 1 saturated heterocycles. The molecule has 0 bridgehead atoms. The van der Waals surface area contributed by atoms with E-state index in [4.69, 9.17) is 4.52 Å². The number of aromatic nitrogens is 1. The van der Waals surface area contributed by atoms with E-state index in [0.717, 1.165) is 25.7 Å². The molecule has 0 aliphatic carbocycles. The lowest BCUT2D eigenvalue weighted by Crippen LogP contribution is -2.31. The van der Waals surface area contributed by atoms with Crippen LogP contribution in [0.4, 0.5) is 10.1 Å². The largest absolute Gasteiger partial charge is 0.355 e. The van der Waals surface area contributed by atoms with Gasteiger partial charge in [0.15, 0.2) is 11.5 Å². The summed E-state index contributed by atoms with van der Waals surface area (Å²) in [7, 11) is -3.55. The average molecular weight is 458 g/mol. The van der Waals surface area contributed by atoms with E-state index in [2.05, 4.69) is 10.5 Å². The van der Waals surface area contributed by atoms with Gasteiger partial charge >= 0.3 is 0 Å². The number of nitrogens with one attached hydrogen (secondary N) is 1. The number of hydrogen-bond donors (Lipinski definition) is 1. The molecule has 7 nitrogen and oxygen atoms in total. The number of carbonyl (C=O) groups excluding carboxylic acids is 1. The molecule has 1 aromatic heterocycles. The van der Waals surface area contributed by atoms with Gasteiger partial charge in [0, 0.05) is 30.4 Å². The van der Waals surface area contributed by atoms with Crippen molar-refractivity contribution in [3.8, 4) is 11.3 Å². The van der Waals surface area contributed by atoms with Crippen LogP contribution in [0.5, 0.6) is 0 Å². The van der Waals surface area contributed by atoms with Crippen LogP contribution in [-0.4, -0.2) is 36.9 Å². The predicted octanol–water partition coefficient (Wildman–Crippen LogP) is 4.61. The number of halogens is 1. The second-order valence-corrected chi connectivity index (χ2v) is 9.78. The molecule has 0 radical (unpaired) electrons. The van der Waals surface area contributed by atoms with Crippen LogP contribution < -0.4 is 5.32 Å². The van der Waals surface area contributed by atoms with Crippen LogP contribution in [0.15, 0.2) is 57.9 Å². The Hall–Kier alpha value is -3.04. The van der Waals surface area contributed by atoms with Crippen molar-refractivity contribution in [2.75, 3.05) is 18.4 Å². The number of nitrogens with zero attached hydrogens (tertiary/aromatic N) is 2. The highest BCUT2D eigenvalue weighted by molar-refractivity contribution is 7.89. The normalized spacial score (nSPS) is 15.3. The maximum atomic E-state index is 13.8. The first-order valence-corrected chi connectivity index (χ1v) is 11.9. The lowest BCUT2D eigenvalue weighted by Gasteiger charge is -2.20. The molecule has 1 aliphatic heterocycles. The maximum absolute atomic E-state index is 13.8. The first-order chi connectivity index (χ1) is 15.3. The average Bonchev–Trinajstić information content (AvgIpc) is 3.11. The molecule has 3 aromatic rings. The molecule has 0 unspecified atom stereocenters. The first kappa shape index (κ1) is 22.2. The molecule has 0 spiro atoms. The van der Waals surface area contributed by atoms with Gasteiger partial charge in [-0.15, -0.1) is 0 Å². The Morgan fingerprint density at radius 2 is 1.72 bits per heavy atom. The number of anilines is 1. The van der Waals surface area contributed by atoms with Gasteiger partial charge in [-0.1, -0.05) is 30.1 Å². The van der Waals surface area contributed by atoms with Gasteiger partial charge in [0.1, 0.15) is 5.82 Å². The van der Waals surface area contributed by atoms with Crippen LogP contribution in [-0.2, 0) is 10.0 Å². The summed E-state index contributed by atoms with van der Waals surface area (Å²) < 4.78 is 46.2. The zero-order valence-corrected chi connectivity index (χ0v) is 18.5. The second kappa shape index (κ2) is 9.22. The summed E-state index contributed by atoms with van der Waals surface area (Å²) in [5, 5.41) is 6.42. The smallest absolute Gasteiger partial charge is 0.277 e. The summed E-state index contributed by atoms with van der Waals surface area (Å²) in [5.74, 6) is -0.622. The van der Waals surface area contributed by atoms with Crippen molar-refractivity contribution in [3.63, 3.8) is 0 Å². The second-order valence-electron chi connectivity index (χ2n) is 7.84. The summed E-state index contributed by atoms with van der Waals surface area (Å²) in [6, 6.07) is 12.1. The molecule has 32 heavy (non-hydrogen) atoms. The standard InChI is InChI=1S/C23H24FN3O4S/c1-16-6-7-17(14-20(16)24)22-15-21(26-31-22)23(28)25-18-8-10-19(11-9-18)32(29,30)27-12-4-2-3-5-13-27/h6-11,14-15H,2-5,12-13H2,1H3,(H,25,28). The third kappa shape index (κ3) is 4.73. The van der Waals surface area contributed by atoms with Crippen molar-refractivity contribution in [2.45, 2.75) is 37.5 Å². The topological polar surface area (TPSA) is 92.5 Å². The van der Waals surface area contributed by atoms with Gasteiger partial charge in [-0.2, -0.15) is 4.31 Å². The van der Waals surface area contributed by atoms with Crippen LogP contribution in [0.25, 0.3) is 11.3 Å². The lowest BCUT2D eigenvalue weighted by atomic mass is 10.1. The number of amides is 1. The fourth-order valence-electron chi connectivity index (χ4n) is 3.60. The van der Waals surface area contributed by atoms with E-state index >= 15 is 0 Å². The molecule has 0 atom stereocenters. The van der Waals surface area contributed by atoms with Crippen LogP contribution in [0, 0.1) is 12.7 Å². The van der Waals surface area contributed by atoms with Crippen LogP contribution >= 0.6 is 0 Å². The Morgan fingerprint density at radius 1 is 1.03 bits per heavy atom. The number of aryl methyl sites for hydroxylation is 1. The maximum Gasteiger partial charge on any atom is 0.277 e. The van der Waals surface area contributed by atoms with Crippen molar-refractivity contribution in [1.29, 1.82) is 0 Å². The third-order valence-electron chi connectivity index (χ3n) is 5.51. The lowest BCUT2D eigenvalue weighted by molar-refractivity contribution is 0.101. The number of carbonyl (C=O) groups is 1. The van der Waals surface area contributed by atoms with Crippen molar-refractivity contribution in [2.24, 2.45) is 0 Å². The number of sulfonamides is 1. The highest BCUT2D eigenvalue weighted by Gasteiger charge is 2.25. The van der Waals surface area contributed by atoms with Gasteiger partial charge in [0.25, 0.3) is 5.91 Å². The summed E-state index contributed by atoms with van der Waals surface area (Å²) in [4.78, 5) is 12.7. The highest BCUT2D eigenvalue weighted by atomic mass is 32.2. The van der Waals surface area contributed by atoms with E-state index in [1.165, 1.54) is 28.6 Å². The minimum atomic E-state index is -3.55. The predicted molar refractivity (Wildman–Crippen MR) is 118 cm³/mol. The van der Waals surface area contributed by atoms with Gasteiger partial charge in [0.2, 0.25) is 10.0 Å². The van der Waals surface area contributed by atoms with Crippen molar-refractivity contribution in [3.05, 3.63) is 65.6 Å². The molecule has 1 amide bonds. The SMILES string of the molecule is Cc1ccc(-c2cc(C(=O)Nc3ccc(S(=O)(=O)N4CCCCCC4)cc3)no2)cc1F. The Bertz CT molecular complexity index is 1210. The van der Waals surface area contributed by atoms with E-state index in [-0.39, 0.29) is 22.2 Å². The van der Waals surface area contributed by atoms with E-state index < -0.39 is 15.9 Å². The molecule has 2 heterocycles. The van der Waals surface area contributed by atoms with E-state index in [9.17, 15) is 17.6 Å². The molecular formula is C23H24FN3O4S. The monoisotopic (exact) mass is 457 g/mol. The Morgan fingerprint density at radius 3 is 2.38 bits per heavy atom. The first-order valence-electron chi connectivity index (χ1n) is 10.5. The highest BCUT2D eigenvalue weighted by Crippen LogP contribution is 2.24. The van der Waals surface area contributed by atoms with Gasteiger partial charge in [-0.3, -0.25) is 4.79 Å². The molecule has 168 valence electrons. The summed E-state index contributed by atoms with van der Waals surface area (Å²) in [6.07, 6.45) is 3.81. The summed E-state index contributed by atoms with van der Waals surface area (Å²) in [5.41, 5.74) is 1.44. The minimum absolute atomic E-state index is 0.0299. The van der Waals surface area contributed by atoms with Crippen molar-refractivity contribution >= 4 is 21.6 Å². The number of hydrogen-bond acceptors (Lipinski definition) is 5. The number of benzene rings is 2. The van der Waals surface area contributed by atoms with Gasteiger partial charge < -0.3 is 9.84 Å². The van der Waals surface area contributed by atoms with Crippen molar-refractivity contribution in [1.82, 2.24) is 9.46 Å². The minimum Gasteiger partial charge on any atom is -0.355 e. The molecule has 2 aromatic carbocycles. The molecule has 1 N–H and O–H groups in total. The molecule has 1 fully saturated rings.